The van der Waals surface area contributed by atoms with Gasteiger partial charge in [-0.25, -0.2) is 14.4 Å². The second-order valence-corrected chi connectivity index (χ2v) is 5.29. The molecular weight excluding hydrogens is 394 g/mol. The molecule has 9 heteroatoms. The van der Waals surface area contributed by atoms with E-state index in [2.05, 4.69) is 35.5 Å². The van der Waals surface area contributed by atoms with Crippen LogP contribution in [0.25, 0.3) is 0 Å². The molecular formula is C14H13BrClNO6. The van der Waals surface area contributed by atoms with E-state index in [1.807, 2.05) is 0 Å². The highest BCUT2D eigenvalue weighted by Gasteiger charge is 2.20. The molecule has 0 aliphatic carbocycles. The van der Waals surface area contributed by atoms with Crippen LogP contribution in [0.3, 0.4) is 0 Å². The predicted octanol–water partition coefficient (Wildman–Crippen LogP) is 2.53. The number of carbonyl (C=O) groups excluding carboxylic acids is 3. The summed E-state index contributed by atoms with van der Waals surface area (Å²) in [5, 5.41) is 2.93. The Kier molecular flexibility index (Phi) is 7.05. The van der Waals surface area contributed by atoms with Crippen LogP contribution in [0, 0.1) is 0 Å². The Morgan fingerprint density at radius 3 is 2.30 bits per heavy atom. The quantitative estimate of drug-likeness (QED) is 0.456. The summed E-state index contributed by atoms with van der Waals surface area (Å²) in [6.45, 7) is 0. The maximum absolute atomic E-state index is 11.9. The van der Waals surface area contributed by atoms with Crippen molar-refractivity contribution < 1.29 is 28.6 Å². The van der Waals surface area contributed by atoms with E-state index in [4.69, 9.17) is 11.6 Å². The fourth-order valence-electron chi connectivity index (χ4n) is 1.54. The molecule has 1 aromatic carbocycles. The molecule has 23 heavy (non-hydrogen) atoms. The van der Waals surface area contributed by atoms with Crippen molar-refractivity contribution in [2.45, 2.75) is 0 Å². The van der Waals surface area contributed by atoms with Crippen LogP contribution < -0.4 is 5.32 Å². The van der Waals surface area contributed by atoms with Gasteiger partial charge in [-0.05, 0) is 28.1 Å². The van der Waals surface area contributed by atoms with E-state index in [9.17, 15) is 14.4 Å². The Labute approximate surface area is 145 Å². The minimum Gasteiger partial charge on any atom is -0.466 e. The molecule has 0 aromatic heterocycles. The van der Waals surface area contributed by atoms with E-state index in [1.165, 1.54) is 19.2 Å². The van der Waals surface area contributed by atoms with Crippen molar-refractivity contribution in [3.05, 3.63) is 39.0 Å². The number of ether oxygens (including phenoxy) is 3. The van der Waals surface area contributed by atoms with E-state index in [1.54, 1.807) is 0 Å². The number of carbonyl (C=O) groups is 3. The van der Waals surface area contributed by atoms with Crippen molar-refractivity contribution >= 4 is 51.1 Å². The highest BCUT2D eigenvalue weighted by Crippen LogP contribution is 2.32. The number of esters is 3. The van der Waals surface area contributed by atoms with Gasteiger partial charge >= 0.3 is 17.9 Å². The van der Waals surface area contributed by atoms with E-state index >= 15 is 0 Å². The Morgan fingerprint density at radius 2 is 1.78 bits per heavy atom. The largest absolute Gasteiger partial charge is 0.466 e. The van der Waals surface area contributed by atoms with Crippen LogP contribution in [-0.4, -0.2) is 39.2 Å². The zero-order valence-corrected chi connectivity index (χ0v) is 14.8. The topological polar surface area (TPSA) is 90.9 Å². The zero-order chi connectivity index (χ0) is 17.6. The molecule has 0 fully saturated rings. The molecule has 0 spiro atoms. The second kappa shape index (κ2) is 8.54. The number of nitrogens with one attached hydrogen (secondary N) is 1. The molecule has 0 saturated carbocycles. The number of hydrogen-bond acceptors (Lipinski definition) is 7. The van der Waals surface area contributed by atoms with Crippen molar-refractivity contribution in [2.75, 3.05) is 26.6 Å². The molecule has 0 atom stereocenters. The minimum absolute atomic E-state index is 0.0616. The Bertz CT molecular complexity index is 673. The molecule has 0 saturated heterocycles. The van der Waals surface area contributed by atoms with Crippen LogP contribution in [0.15, 0.2) is 28.4 Å². The van der Waals surface area contributed by atoms with E-state index < -0.39 is 17.9 Å². The van der Waals surface area contributed by atoms with Crippen LogP contribution in [0.5, 0.6) is 0 Å². The lowest BCUT2D eigenvalue weighted by Crippen LogP contribution is -2.17. The van der Waals surface area contributed by atoms with Crippen molar-refractivity contribution in [3.8, 4) is 0 Å². The van der Waals surface area contributed by atoms with Crippen LogP contribution in [0.4, 0.5) is 5.69 Å². The molecule has 0 aliphatic rings. The maximum Gasteiger partial charge on any atom is 0.354 e. The molecule has 1 N–H and O–H groups in total. The number of rotatable bonds is 5. The van der Waals surface area contributed by atoms with Crippen molar-refractivity contribution in [3.63, 3.8) is 0 Å². The van der Waals surface area contributed by atoms with Gasteiger partial charge in [0.25, 0.3) is 0 Å². The molecule has 1 aromatic rings. The van der Waals surface area contributed by atoms with Gasteiger partial charge in [-0.15, -0.1) is 0 Å². The van der Waals surface area contributed by atoms with Gasteiger partial charge in [0.2, 0.25) is 0 Å². The summed E-state index contributed by atoms with van der Waals surface area (Å²) in [6.07, 6.45) is 0.897. The third-order valence-corrected chi connectivity index (χ3v) is 3.43. The van der Waals surface area contributed by atoms with E-state index in [0.29, 0.717) is 4.47 Å². The number of benzene rings is 1. The molecule has 0 radical (unpaired) electrons. The monoisotopic (exact) mass is 405 g/mol. The molecule has 124 valence electrons. The van der Waals surface area contributed by atoms with E-state index in [-0.39, 0.29) is 22.0 Å². The van der Waals surface area contributed by atoms with Gasteiger partial charge in [0.15, 0.2) is 0 Å². The summed E-state index contributed by atoms with van der Waals surface area (Å²) in [6, 6.07) is 2.86. The van der Waals surface area contributed by atoms with Crippen LogP contribution in [0.1, 0.15) is 10.4 Å². The number of halogens is 2. The normalized spacial score (nSPS) is 10.7. The standard InChI is InChI=1S/C14H13BrClNO6/c1-21-11(18)6-10(14(20)23-3)17-12-8(13(19)22-2)4-7(16)5-9(12)15/h4-6,17H,1-3H3/b10-6+. The van der Waals surface area contributed by atoms with Gasteiger partial charge < -0.3 is 19.5 Å². The molecule has 1 rings (SSSR count). The molecule has 0 heterocycles. The van der Waals surface area contributed by atoms with Gasteiger partial charge in [-0.1, -0.05) is 11.6 Å². The lowest BCUT2D eigenvalue weighted by Gasteiger charge is -2.14. The SMILES string of the molecule is COC(=O)/C=C(/Nc1c(Br)cc(Cl)cc1C(=O)OC)C(=O)OC. The number of methoxy groups -OCH3 is 3. The smallest absolute Gasteiger partial charge is 0.354 e. The summed E-state index contributed by atoms with van der Waals surface area (Å²) >= 11 is 9.14. The molecule has 0 unspecified atom stereocenters. The summed E-state index contributed by atoms with van der Waals surface area (Å²) < 4.78 is 14.1. The van der Waals surface area contributed by atoms with Crippen molar-refractivity contribution in [2.24, 2.45) is 0 Å². The second-order valence-electron chi connectivity index (χ2n) is 4.00. The zero-order valence-electron chi connectivity index (χ0n) is 12.4. The van der Waals surface area contributed by atoms with Gasteiger partial charge in [-0.3, -0.25) is 0 Å². The van der Waals surface area contributed by atoms with Crippen LogP contribution in [-0.2, 0) is 23.8 Å². The first kappa shape index (κ1) is 19.0. The molecule has 0 amide bonds. The Hall–Kier alpha value is -2.06. The van der Waals surface area contributed by atoms with Crippen LogP contribution in [0.2, 0.25) is 5.02 Å². The highest BCUT2D eigenvalue weighted by atomic mass is 79.9. The fourth-order valence-corrected chi connectivity index (χ4v) is 2.45. The lowest BCUT2D eigenvalue weighted by molar-refractivity contribution is -0.138. The predicted molar refractivity (Wildman–Crippen MR) is 86.2 cm³/mol. The third-order valence-electron chi connectivity index (χ3n) is 2.59. The summed E-state index contributed by atoms with van der Waals surface area (Å²) in [5.74, 6) is -2.28. The number of anilines is 1. The first-order chi connectivity index (χ1) is 10.8. The van der Waals surface area contributed by atoms with Crippen molar-refractivity contribution in [1.29, 1.82) is 0 Å². The Morgan fingerprint density at radius 1 is 1.13 bits per heavy atom. The molecule has 7 nitrogen and oxygen atoms in total. The Balaban J connectivity index is 3.38. The van der Waals surface area contributed by atoms with Crippen molar-refractivity contribution in [1.82, 2.24) is 0 Å². The average molecular weight is 407 g/mol. The first-order valence-electron chi connectivity index (χ1n) is 6.06. The van der Waals surface area contributed by atoms with E-state index in [0.717, 1.165) is 20.3 Å². The lowest BCUT2D eigenvalue weighted by atomic mass is 10.1. The first-order valence-corrected chi connectivity index (χ1v) is 7.23. The van der Waals surface area contributed by atoms with Gasteiger partial charge in [0.05, 0.1) is 38.7 Å². The highest BCUT2D eigenvalue weighted by molar-refractivity contribution is 9.10. The minimum atomic E-state index is -0.826. The summed E-state index contributed by atoms with van der Waals surface area (Å²) in [4.78, 5) is 35.0. The molecule has 0 bridgehead atoms. The fraction of sp³-hybridized carbons (Fsp3) is 0.214. The van der Waals surface area contributed by atoms with Gasteiger partial charge in [-0.2, -0.15) is 0 Å². The number of hydrogen-bond donors (Lipinski definition) is 1. The summed E-state index contributed by atoms with van der Waals surface area (Å²) in [5.41, 5.74) is 0.0147. The molecule has 0 aliphatic heterocycles. The van der Waals surface area contributed by atoms with Gasteiger partial charge in [0, 0.05) is 9.50 Å². The van der Waals surface area contributed by atoms with Gasteiger partial charge in [0.1, 0.15) is 5.70 Å². The van der Waals surface area contributed by atoms with Crippen LogP contribution >= 0.6 is 27.5 Å². The summed E-state index contributed by atoms with van der Waals surface area (Å²) in [7, 11) is 3.51. The average Bonchev–Trinajstić information content (AvgIpc) is 2.54. The third kappa shape index (κ3) is 4.97. The maximum atomic E-state index is 11.9.